The van der Waals surface area contributed by atoms with Gasteiger partial charge in [-0.3, -0.25) is 0 Å². The molecule has 0 radical (unpaired) electrons. The number of aliphatic hydroxyl groups excluding tert-OH is 2. The molecule has 0 heterocycles. The van der Waals surface area contributed by atoms with Gasteiger partial charge in [-0.15, -0.1) is 0 Å². The van der Waals surface area contributed by atoms with Crippen molar-refractivity contribution in [3.63, 3.8) is 0 Å². The van der Waals surface area contributed by atoms with E-state index in [4.69, 9.17) is 11.5 Å². The monoisotopic (exact) mass is 210 g/mol. The van der Waals surface area contributed by atoms with Crippen LogP contribution in [0.15, 0.2) is 24.3 Å². The summed E-state index contributed by atoms with van der Waals surface area (Å²) in [6.07, 6.45) is -1.08. The highest BCUT2D eigenvalue weighted by Crippen LogP contribution is 2.17. The Hall–Kier alpha value is -0.940. The van der Waals surface area contributed by atoms with Crippen molar-refractivity contribution in [2.45, 2.75) is 18.6 Å². The summed E-state index contributed by atoms with van der Waals surface area (Å²) in [4.78, 5) is 0. The van der Waals surface area contributed by atoms with Gasteiger partial charge < -0.3 is 21.7 Å². The van der Waals surface area contributed by atoms with Gasteiger partial charge in [-0.1, -0.05) is 24.3 Å². The van der Waals surface area contributed by atoms with Crippen LogP contribution in [0.1, 0.15) is 17.2 Å². The SMILES string of the molecule is NCCc1cccc(C(O)C(O)CN)c1. The highest BCUT2D eigenvalue weighted by molar-refractivity contribution is 5.26. The Morgan fingerprint density at radius 2 is 1.93 bits per heavy atom. The second kappa shape index (κ2) is 5.82. The summed E-state index contributed by atoms with van der Waals surface area (Å²) >= 11 is 0. The van der Waals surface area contributed by atoms with Gasteiger partial charge in [0.25, 0.3) is 0 Å². The third-order valence-electron chi connectivity index (χ3n) is 2.33. The zero-order chi connectivity index (χ0) is 11.3. The molecule has 0 saturated carbocycles. The second-order valence-electron chi connectivity index (χ2n) is 3.53. The van der Waals surface area contributed by atoms with Gasteiger partial charge in [0.15, 0.2) is 0 Å². The first-order chi connectivity index (χ1) is 7.19. The average Bonchev–Trinajstić information content (AvgIpc) is 2.28. The Labute approximate surface area is 89.5 Å². The number of rotatable bonds is 5. The van der Waals surface area contributed by atoms with E-state index in [2.05, 4.69) is 0 Å². The molecule has 1 rings (SSSR count). The Bertz CT molecular complexity index is 304. The minimum Gasteiger partial charge on any atom is -0.389 e. The van der Waals surface area contributed by atoms with E-state index < -0.39 is 12.2 Å². The lowest BCUT2D eigenvalue weighted by molar-refractivity contribution is 0.0243. The molecular weight excluding hydrogens is 192 g/mol. The molecule has 0 spiro atoms. The molecular formula is C11H18N2O2. The molecule has 4 heteroatoms. The van der Waals surface area contributed by atoms with E-state index in [1.165, 1.54) is 0 Å². The fourth-order valence-electron chi connectivity index (χ4n) is 1.45. The van der Waals surface area contributed by atoms with E-state index in [0.29, 0.717) is 12.1 Å². The molecule has 2 unspecified atom stereocenters. The minimum absolute atomic E-state index is 0.0439. The Morgan fingerprint density at radius 3 is 2.53 bits per heavy atom. The van der Waals surface area contributed by atoms with Crippen LogP contribution in [0.4, 0.5) is 0 Å². The first-order valence-corrected chi connectivity index (χ1v) is 5.04. The molecule has 0 aromatic heterocycles. The first kappa shape index (κ1) is 12.1. The molecule has 0 saturated heterocycles. The van der Waals surface area contributed by atoms with Crippen LogP contribution in [-0.4, -0.2) is 29.4 Å². The van der Waals surface area contributed by atoms with Gasteiger partial charge in [0.1, 0.15) is 6.10 Å². The van der Waals surface area contributed by atoms with Crippen LogP contribution < -0.4 is 11.5 Å². The fraction of sp³-hybridized carbons (Fsp3) is 0.455. The van der Waals surface area contributed by atoms with Crippen molar-refractivity contribution in [1.29, 1.82) is 0 Å². The van der Waals surface area contributed by atoms with Gasteiger partial charge in [0.2, 0.25) is 0 Å². The summed E-state index contributed by atoms with van der Waals surface area (Å²) in [7, 11) is 0. The summed E-state index contributed by atoms with van der Waals surface area (Å²) in [5, 5.41) is 19.1. The number of aliphatic hydroxyl groups is 2. The molecule has 0 aliphatic rings. The van der Waals surface area contributed by atoms with E-state index in [9.17, 15) is 10.2 Å². The summed E-state index contributed by atoms with van der Waals surface area (Å²) in [5.41, 5.74) is 12.5. The summed E-state index contributed by atoms with van der Waals surface area (Å²) in [6, 6.07) is 7.39. The topological polar surface area (TPSA) is 92.5 Å². The van der Waals surface area contributed by atoms with Gasteiger partial charge in [0, 0.05) is 6.54 Å². The van der Waals surface area contributed by atoms with Gasteiger partial charge in [-0.05, 0) is 24.1 Å². The van der Waals surface area contributed by atoms with Gasteiger partial charge in [-0.2, -0.15) is 0 Å². The third-order valence-corrected chi connectivity index (χ3v) is 2.33. The number of benzene rings is 1. The van der Waals surface area contributed by atoms with Crippen LogP contribution in [0.2, 0.25) is 0 Å². The molecule has 84 valence electrons. The van der Waals surface area contributed by atoms with Crippen LogP contribution in [0.25, 0.3) is 0 Å². The minimum atomic E-state index is -0.923. The molecule has 1 aromatic rings. The largest absolute Gasteiger partial charge is 0.389 e. The van der Waals surface area contributed by atoms with Gasteiger partial charge >= 0.3 is 0 Å². The van der Waals surface area contributed by atoms with Crippen LogP contribution in [0, 0.1) is 0 Å². The molecule has 0 bridgehead atoms. The highest BCUT2D eigenvalue weighted by Gasteiger charge is 2.16. The normalized spacial score (nSPS) is 14.9. The maximum atomic E-state index is 9.72. The van der Waals surface area contributed by atoms with E-state index in [1.54, 1.807) is 6.07 Å². The zero-order valence-electron chi connectivity index (χ0n) is 8.63. The van der Waals surface area contributed by atoms with Crippen LogP contribution in [-0.2, 0) is 6.42 Å². The van der Waals surface area contributed by atoms with Crippen LogP contribution >= 0.6 is 0 Å². The summed E-state index contributed by atoms with van der Waals surface area (Å²) in [5.74, 6) is 0. The average molecular weight is 210 g/mol. The first-order valence-electron chi connectivity index (χ1n) is 5.04. The predicted octanol–water partition coefficient (Wildman–Crippen LogP) is -0.459. The smallest absolute Gasteiger partial charge is 0.106 e. The Balaban J connectivity index is 2.80. The fourth-order valence-corrected chi connectivity index (χ4v) is 1.45. The van der Waals surface area contributed by atoms with Gasteiger partial charge in [0.05, 0.1) is 6.10 Å². The molecule has 2 atom stereocenters. The van der Waals surface area contributed by atoms with E-state index in [0.717, 1.165) is 12.0 Å². The predicted molar refractivity (Wildman–Crippen MR) is 59.2 cm³/mol. The Morgan fingerprint density at radius 1 is 1.20 bits per heavy atom. The maximum Gasteiger partial charge on any atom is 0.106 e. The molecule has 4 nitrogen and oxygen atoms in total. The zero-order valence-corrected chi connectivity index (χ0v) is 8.63. The third kappa shape index (κ3) is 3.28. The van der Waals surface area contributed by atoms with Crippen molar-refractivity contribution in [3.8, 4) is 0 Å². The van der Waals surface area contributed by atoms with Crippen molar-refractivity contribution >= 4 is 0 Å². The molecule has 6 N–H and O–H groups in total. The van der Waals surface area contributed by atoms with Crippen molar-refractivity contribution in [2.24, 2.45) is 11.5 Å². The summed E-state index contributed by atoms with van der Waals surface area (Å²) < 4.78 is 0. The van der Waals surface area contributed by atoms with Gasteiger partial charge in [-0.25, -0.2) is 0 Å². The lowest BCUT2D eigenvalue weighted by Gasteiger charge is -2.16. The van der Waals surface area contributed by atoms with E-state index in [1.807, 2.05) is 18.2 Å². The number of hydrogen-bond acceptors (Lipinski definition) is 4. The number of hydrogen-bond donors (Lipinski definition) is 4. The van der Waals surface area contributed by atoms with Crippen molar-refractivity contribution < 1.29 is 10.2 Å². The van der Waals surface area contributed by atoms with Crippen LogP contribution in [0.3, 0.4) is 0 Å². The number of nitrogens with two attached hydrogens (primary N) is 2. The lowest BCUT2D eigenvalue weighted by atomic mass is 10.0. The second-order valence-corrected chi connectivity index (χ2v) is 3.53. The molecule has 0 aliphatic carbocycles. The highest BCUT2D eigenvalue weighted by atomic mass is 16.3. The standard InChI is InChI=1S/C11H18N2O2/c12-5-4-8-2-1-3-9(6-8)11(15)10(14)7-13/h1-3,6,10-11,14-15H,4-5,7,12-13H2. The molecule has 0 fully saturated rings. The van der Waals surface area contributed by atoms with Crippen molar-refractivity contribution in [3.05, 3.63) is 35.4 Å². The molecule has 15 heavy (non-hydrogen) atoms. The quantitative estimate of drug-likeness (QED) is 0.529. The summed E-state index contributed by atoms with van der Waals surface area (Å²) in [6.45, 7) is 0.612. The van der Waals surface area contributed by atoms with Crippen molar-refractivity contribution in [2.75, 3.05) is 13.1 Å². The van der Waals surface area contributed by atoms with E-state index in [-0.39, 0.29) is 6.54 Å². The van der Waals surface area contributed by atoms with Crippen LogP contribution in [0.5, 0.6) is 0 Å². The molecule has 0 aliphatic heterocycles. The molecule has 0 amide bonds. The van der Waals surface area contributed by atoms with E-state index >= 15 is 0 Å². The molecule has 1 aromatic carbocycles. The lowest BCUT2D eigenvalue weighted by Crippen LogP contribution is -2.27. The Kier molecular flexibility index (Phi) is 4.71. The maximum absolute atomic E-state index is 9.72. The van der Waals surface area contributed by atoms with Crippen molar-refractivity contribution in [1.82, 2.24) is 0 Å².